The summed E-state index contributed by atoms with van der Waals surface area (Å²) >= 11 is 2.23. The van der Waals surface area contributed by atoms with E-state index in [1.165, 1.54) is 17.4 Å². The Morgan fingerprint density at radius 3 is 2.65 bits per heavy atom. The summed E-state index contributed by atoms with van der Waals surface area (Å²) in [5.74, 6) is -1.11. The zero-order chi connectivity index (χ0) is 14.9. The van der Waals surface area contributed by atoms with Crippen LogP contribution in [0.5, 0.6) is 0 Å². The summed E-state index contributed by atoms with van der Waals surface area (Å²) < 4.78 is 27.1. The molecule has 2 N–H and O–H groups in total. The summed E-state index contributed by atoms with van der Waals surface area (Å²) in [6.07, 6.45) is 0. The van der Waals surface area contributed by atoms with Crippen LogP contribution in [0.1, 0.15) is 33.1 Å². The molecule has 0 bridgehead atoms. The standard InChI is InChI=1S/C12H13NO4S3/c1-7-6-10(19-11(7)12(14)15)20(16,17)13-8(2)9-4-3-5-18-9/h3-6,8,13H,1-2H3,(H,14,15). The molecular weight excluding hydrogens is 318 g/mol. The van der Waals surface area contributed by atoms with Crippen molar-refractivity contribution in [2.75, 3.05) is 0 Å². The number of carbonyl (C=O) groups is 1. The van der Waals surface area contributed by atoms with Gasteiger partial charge in [0.25, 0.3) is 10.0 Å². The van der Waals surface area contributed by atoms with Gasteiger partial charge in [-0.15, -0.1) is 22.7 Å². The number of carboxylic acids is 1. The van der Waals surface area contributed by atoms with Crippen LogP contribution in [0.25, 0.3) is 0 Å². The number of rotatable bonds is 5. The zero-order valence-corrected chi connectivity index (χ0v) is 13.2. The molecule has 2 aromatic heterocycles. The highest BCUT2D eigenvalue weighted by Crippen LogP contribution is 2.28. The monoisotopic (exact) mass is 331 g/mol. The van der Waals surface area contributed by atoms with Gasteiger partial charge >= 0.3 is 5.97 Å². The molecule has 0 aliphatic heterocycles. The summed E-state index contributed by atoms with van der Waals surface area (Å²) in [5, 5.41) is 10.8. The van der Waals surface area contributed by atoms with Gasteiger partial charge < -0.3 is 5.11 Å². The van der Waals surface area contributed by atoms with E-state index < -0.39 is 16.0 Å². The third-order valence-electron chi connectivity index (χ3n) is 2.66. The number of sulfonamides is 1. The Balaban J connectivity index is 2.27. The Morgan fingerprint density at radius 2 is 2.15 bits per heavy atom. The topological polar surface area (TPSA) is 83.5 Å². The third kappa shape index (κ3) is 3.09. The molecule has 0 fully saturated rings. The number of aromatic carboxylic acids is 1. The Bertz CT molecular complexity index is 716. The van der Waals surface area contributed by atoms with E-state index in [0.717, 1.165) is 16.2 Å². The minimum atomic E-state index is -3.71. The molecule has 2 rings (SSSR count). The first kappa shape index (κ1) is 15.2. The molecular formula is C12H13NO4S3. The van der Waals surface area contributed by atoms with Gasteiger partial charge in [0.15, 0.2) is 0 Å². The van der Waals surface area contributed by atoms with Crippen LogP contribution in [0, 0.1) is 6.92 Å². The van der Waals surface area contributed by atoms with Crippen LogP contribution in [0.4, 0.5) is 0 Å². The largest absolute Gasteiger partial charge is 0.477 e. The number of thiophene rings is 2. The average Bonchev–Trinajstić information content (AvgIpc) is 2.96. The fourth-order valence-electron chi connectivity index (χ4n) is 1.68. The van der Waals surface area contributed by atoms with Crippen molar-refractivity contribution in [2.24, 2.45) is 0 Å². The van der Waals surface area contributed by atoms with E-state index in [1.807, 2.05) is 17.5 Å². The number of hydrogen-bond donors (Lipinski definition) is 2. The first-order valence-corrected chi connectivity index (χ1v) is 8.88. The predicted octanol–water partition coefficient (Wildman–Crippen LogP) is 2.86. The van der Waals surface area contributed by atoms with Gasteiger partial charge in [-0.3, -0.25) is 0 Å². The lowest BCUT2D eigenvalue weighted by Gasteiger charge is -2.11. The van der Waals surface area contributed by atoms with Crippen LogP contribution in [0.2, 0.25) is 0 Å². The van der Waals surface area contributed by atoms with Gasteiger partial charge in [0, 0.05) is 4.88 Å². The minimum absolute atomic E-state index is 0.0239. The maximum Gasteiger partial charge on any atom is 0.346 e. The van der Waals surface area contributed by atoms with Gasteiger partial charge in [-0.25, -0.2) is 17.9 Å². The Morgan fingerprint density at radius 1 is 1.45 bits per heavy atom. The highest BCUT2D eigenvalue weighted by molar-refractivity contribution is 7.91. The lowest BCUT2D eigenvalue weighted by Crippen LogP contribution is -2.25. The van der Waals surface area contributed by atoms with Crippen LogP contribution in [0.15, 0.2) is 27.8 Å². The van der Waals surface area contributed by atoms with Gasteiger partial charge in [0.05, 0.1) is 6.04 Å². The summed E-state index contributed by atoms with van der Waals surface area (Å²) in [4.78, 5) is 11.9. The summed E-state index contributed by atoms with van der Waals surface area (Å²) in [6, 6.07) is 4.73. The number of carboxylic acid groups (broad SMARTS) is 1. The van der Waals surface area contributed by atoms with Gasteiger partial charge in [0.1, 0.15) is 9.09 Å². The highest BCUT2D eigenvalue weighted by Gasteiger charge is 2.24. The molecule has 8 heteroatoms. The molecule has 2 aromatic rings. The van der Waals surface area contributed by atoms with Crippen molar-refractivity contribution in [1.82, 2.24) is 4.72 Å². The van der Waals surface area contributed by atoms with Crippen LogP contribution >= 0.6 is 22.7 Å². The first-order valence-electron chi connectivity index (χ1n) is 5.70. The van der Waals surface area contributed by atoms with Crippen molar-refractivity contribution in [2.45, 2.75) is 24.1 Å². The second kappa shape index (κ2) is 5.65. The van der Waals surface area contributed by atoms with Crippen LogP contribution in [0.3, 0.4) is 0 Å². The second-order valence-corrected chi connectivity index (χ2v) is 8.21. The SMILES string of the molecule is Cc1cc(S(=O)(=O)NC(C)c2cccs2)sc1C(=O)O. The summed E-state index contributed by atoms with van der Waals surface area (Å²) in [6.45, 7) is 3.34. The van der Waals surface area contributed by atoms with E-state index >= 15 is 0 Å². The molecule has 2 heterocycles. The molecule has 1 atom stereocenters. The smallest absolute Gasteiger partial charge is 0.346 e. The van der Waals surface area contributed by atoms with Crippen molar-refractivity contribution < 1.29 is 18.3 Å². The molecule has 0 aliphatic rings. The van der Waals surface area contributed by atoms with E-state index in [4.69, 9.17) is 5.11 Å². The molecule has 108 valence electrons. The number of aryl methyl sites for hydroxylation is 1. The molecule has 0 amide bonds. The van der Waals surface area contributed by atoms with Crippen LogP contribution < -0.4 is 4.72 Å². The molecule has 5 nitrogen and oxygen atoms in total. The van der Waals surface area contributed by atoms with Crippen molar-refractivity contribution in [3.05, 3.63) is 38.9 Å². The maximum absolute atomic E-state index is 12.2. The maximum atomic E-state index is 12.2. The van der Waals surface area contributed by atoms with Gasteiger partial charge in [-0.1, -0.05) is 6.07 Å². The minimum Gasteiger partial charge on any atom is -0.477 e. The molecule has 0 saturated heterocycles. The van der Waals surface area contributed by atoms with Crippen LogP contribution in [-0.2, 0) is 10.0 Å². The summed E-state index contributed by atoms with van der Waals surface area (Å²) in [5.41, 5.74) is 0.451. The Hall–Kier alpha value is -1.22. The molecule has 0 spiro atoms. The quantitative estimate of drug-likeness (QED) is 0.882. The van der Waals surface area contributed by atoms with Crippen molar-refractivity contribution in [3.63, 3.8) is 0 Å². The van der Waals surface area contributed by atoms with E-state index in [2.05, 4.69) is 4.72 Å². The third-order valence-corrected chi connectivity index (χ3v) is 6.95. The number of nitrogens with one attached hydrogen (secondary N) is 1. The first-order chi connectivity index (χ1) is 9.31. The number of hydrogen-bond acceptors (Lipinski definition) is 5. The van der Waals surface area contributed by atoms with Crippen LogP contribution in [-0.4, -0.2) is 19.5 Å². The molecule has 0 aliphatic carbocycles. The molecule has 20 heavy (non-hydrogen) atoms. The molecule has 0 aromatic carbocycles. The van der Waals surface area contributed by atoms with E-state index in [1.54, 1.807) is 13.8 Å². The van der Waals surface area contributed by atoms with Gasteiger partial charge in [-0.05, 0) is 36.9 Å². The fourth-order valence-corrected chi connectivity index (χ4v) is 5.11. The lowest BCUT2D eigenvalue weighted by molar-refractivity contribution is 0.0701. The summed E-state index contributed by atoms with van der Waals surface area (Å²) in [7, 11) is -3.71. The zero-order valence-electron chi connectivity index (χ0n) is 10.8. The molecule has 0 radical (unpaired) electrons. The van der Waals surface area contributed by atoms with E-state index in [-0.39, 0.29) is 15.1 Å². The average molecular weight is 331 g/mol. The van der Waals surface area contributed by atoms with E-state index in [9.17, 15) is 13.2 Å². The van der Waals surface area contributed by atoms with Gasteiger partial charge in [-0.2, -0.15) is 0 Å². The second-order valence-electron chi connectivity index (χ2n) is 4.24. The van der Waals surface area contributed by atoms with Crippen molar-refractivity contribution in [3.8, 4) is 0 Å². The normalized spacial score (nSPS) is 13.3. The predicted molar refractivity (Wildman–Crippen MR) is 79.1 cm³/mol. The fraction of sp³-hybridized carbons (Fsp3) is 0.250. The molecule has 1 unspecified atom stereocenters. The van der Waals surface area contributed by atoms with Gasteiger partial charge in [0.2, 0.25) is 0 Å². The lowest BCUT2D eigenvalue weighted by atomic mass is 10.3. The van der Waals surface area contributed by atoms with Crippen molar-refractivity contribution >= 4 is 38.7 Å². The van der Waals surface area contributed by atoms with Crippen molar-refractivity contribution in [1.29, 1.82) is 0 Å². The highest BCUT2D eigenvalue weighted by atomic mass is 32.2. The Kier molecular flexibility index (Phi) is 4.28. The Labute approximate surface area is 124 Å². The molecule has 0 saturated carbocycles. The van der Waals surface area contributed by atoms with E-state index in [0.29, 0.717) is 5.56 Å².